The highest BCUT2D eigenvalue weighted by molar-refractivity contribution is 7.91. The number of pyridine rings is 1. The number of imidazole rings is 1. The average molecular weight is 423 g/mol. The molecule has 30 heavy (non-hydrogen) atoms. The van der Waals surface area contributed by atoms with Gasteiger partial charge in [-0.15, -0.1) is 0 Å². The van der Waals surface area contributed by atoms with Crippen molar-refractivity contribution in [2.75, 3.05) is 11.5 Å². The molecule has 0 unspecified atom stereocenters. The van der Waals surface area contributed by atoms with Gasteiger partial charge in [0, 0.05) is 18.4 Å². The van der Waals surface area contributed by atoms with Crippen molar-refractivity contribution in [2.45, 2.75) is 44.0 Å². The molecule has 0 radical (unpaired) electrons. The van der Waals surface area contributed by atoms with Gasteiger partial charge in [0.05, 0.1) is 21.7 Å². The molecule has 0 aliphatic heterocycles. The van der Waals surface area contributed by atoms with Gasteiger partial charge in [0.1, 0.15) is 11.3 Å². The lowest BCUT2D eigenvalue weighted by molar-refractivity contribution is 0.575. The third kappa shape index (κ3) is 3.89. The molecular formula is C23H26N4O2S. The summed E-state index contributed by atoms with van der Waals surface area (Å²) in [4.78, 5) is 9.63. The van der Waals surface area contributed by atoms with Crippen LogP contribution < -0.4 is 5.73 Å². The van der Waals surface area contributed by atoms with Crippen LogP contribution in [-0.2, 0) is 22.8 Å². The van der Waals surface area contributed by atoms with E-state index in [0.717, 1.165) is 53.6 Å². The van der Waals surface area contributed by atoms with Crippen molar-refractivity contribution in [1.82, 2.24) is 14.5 Å². The standard InChI is InChI=1S/C23H26N4O2S/c1-2-20-26-21-22(18-13-7-8-14-19(18)25-23(21)24)27(20)15-9-4-10-16-30(28,29)17-11-5-3-6-12-17/h3,5-8,11-14H,2,4,9-10,15-16H2,1H3,(H2,24,25). The van der Waals surface area contributed by atoms with Gasteiger partial charge in [-0.2, -0.15) is 0 Å². The van der Waals surface area contributed by atoms with Crippen molar-refractivity contribution >= 4 is 37.6 Å². The number of aromatic nitrogens is 3. The molecule has 0 fully saturated rings. The minimum Gasteiger partial charge on any atom is -0.382 e. The Morgan fingerprint density at radius 2 is 1.67 bits per heavy atom. The van der Waals surface area contributed by atoms with Crippen LogP contribution in [0, 0.1) is 0 Å². The number of anilines is 1. The maximum Gasteiger partial charge on any atom is 0.178 e. The Labute approximate surface area is 176 Å². The van der Waals surface area contributed by atoms with Gasteiger partial charge >= 0.3 is 0 Å². The molecule has 0 bridgehead atoms. The molecule has 0 amide bonds. The second-order valence-corrected chi connectivity index (χ2v) is 9.55. The maximum atomic E-state index is 12.4. The molecule has 2 N–H and O–H groups in total. The Morgan fingerprint density at radius 3 is 2.43 bits per heavy atom. The molecule has 6 nitrogen and oxygen atoms in total. The Kier molecular flexibility index (Phi) is 5.72. The van der Waals surface area contributed by atoms with E-state index in [0.29, 0.717) is 17.1 Å². The van der Waals surface area contributed by atoms with E-state index in [2.05, 4.69) is 16.5 Å². The first-order valence-corrected chi connectivity index (χ1v) is 12.0. The zero-order chi connectivity index (χ0) is 21.1. The van der Waals surface area contributed by atoms with Gasteiger partial charge in [-0.05, 0) is 31.0 Å². The van der Waals surface area contributed by atoms with Crippen LogP contribution in [0.2, 0.25) is 0 Å². The lowest BCUT2D eigenvalue weighted by Crippen LogP contribution is -2.08. The van der Waals surface area contributed by atoms with E-state index in [1.54, 1.807) is 24.3 Å². The molecule has 0 saturated carbocycles. The number of rotatable bonds is 8. The minimum absolute atomic E-state index is 0.169. The maximum absolute atomic E-state index is 12.4. The van der Waals surface area contributed by atoms with Gasteiger partial charge in [0.15, 0.2) is 15.7 Å². The third-order valence-corrected chi connectivity index (χ3v) is 7.22. The molecule has 2 aromatic heterocycles. The van der Waals surface area contributed by atoms with Crippen LogP contribution >= 0.6 is 0 Å². The molecule has 2 heterocycles. The molecule has 156 valence electrons. The summed E-state index contributed by atoms with van der Waals surface area (Å²) in [6.07, 6.45) is 3.13. The van der Waals surface area contributed by atoms with Gasteiger partial charge in [-0.3, -0.25) is 0 Å². The summed E-state index contributed by atoms with van der Waals surface area (Å²) in [5.74, 6) is 1.60. The predicted molar refractivity (Wildman–Crippen MR) is 121 cm³/mol. The number of para-hydroxylation sites is 1. The first kappa shape index (κ1) is 20.3. The minimum atomic E-state index is -3.22. The number of sulfone groups is 1. The van der Waals surface area contributed by atoms with Crippen molar-refractivity contribution in [3.8, 4) is 0 Å². The lowest BCUT2D eigenvalue weighted by atomic mass is 10.2. The highest BCUT2D eigenvalue weighted by Crippen LogP contribution is 2.29. The van der Waals surface area contributed by atoms with Gasteiger partial charge in [-0.1, -0.05) is 49.7 Å². The number of hydrogen-bond donors (Lipinski definition) is 1. The number of nitrogen functional groups attached to an aromatic ring is 1. The topological polar surface area (TPSA) is 90.9 Å². The molecule has 4 rings (SSSR count). The zero-order valence-corrected chi connectivity index (χ0v) is 17.9. The van der Waals surface area contributed by atoms with Crippen molar-refractivity contribution in [1.29, 1.82) is 0 Å². The Morgan fingerprint density at radius 1 is 0.933 bits per heavy atom. The highest BCUT2D eigenvalue weighted by Gasteiger charge is 2.17. The summed E-state index contributed by atoms with van der Waals surface area (Å²) < 4.78 is 27.1. The third-order valence-electron chi connectivity index (χ3n) is 5.40. The van der Waals surface area contributed by atoms with E-state index in [4.69, 9.17) is 10.7 Å². The average Bonchev–Trinajstić information content (AvgIpc) is 3.14. The number of nitrogens with two attached hydrogens (primary N) is 1. The van der Waals surface area contributed by atoms with Gasteiger partial charge in [0.25, 0.3) is 0 Å². The quantitative estimate of drug-likeness (QED) is 0.426. The van der Waals surface area contributed by atoms with Crippen LogP contribution in [0.15, 0.2) is 59.5 Å². The number of fused-ring (bicyclic) bond motifs is 3. The smallest absolute Gasteiger partial charge is 0.178 e. The number of nitrogens with zero attached hydrogens (tertiary/aromatic N) is 3. The normalized spacial score (nSPS) is 12.0. The molecule has 0 aliphatic rings. The fourth-order valence-electron chi connectivity index (χ4n) is 3.90. The van der Waals surface area contributed by atoms with Crippen LogP contribution in [0.25, 0.3) is 21.9 Å². The number of hydrogen-bond acceptors (Lipinski definition) is 5. The second kappa shape index (κ2) is 8.44. The second-order valence-electron chi connectivity index (χ2n) is 7.44. The van der Waals surface area contributed by atoms with Gasteiger partial charge < -0.3 is 10.3 Å². The van der Waals surface area contributed by atoms with E-state index in [1.165, 1.54) is 0 Å². The van der Waals surface area contributed by atoms with Crippen LogP contribution in [0.3, 0.4) is 0 Å². The van der Waals surface area contributed by atoms with Gasteiger partial charge in [-0.25, -0.2) is 18.4 Å². The summed E-state index contributed by atoms with van der Waals surface area (Å²) in [5.41, 5.74) is 8.81. The molecule has 0 saturated heterocycles. The fraction of sp³-hybridized carbons (Fsp3) is 0.304. The predicted octanol–water partition coefficient (Wildman–Crippen LogP) is 4.37. The van der Waals surface area contributed by atoms with Crippen molar-refractivity contribution < 1.29 is 8.42 Å². The van der Waals surface area contributed by atoms with Crippen molar-refractivity contribution in [3.05, 3.63) is 60.4 Å². The van der Waals surface area contributed by atoms with Crippen LogP contribution in [0.5, 0.6) is 0 Å². The SMILES string of the molecule is CCc1nc2c(N)nc3ccccc3c2n1CCCCCS(=O)(=O)c1ccccc1. The Bertz CT molecular complexity index is 1280. The highest BCUT2D eigenvalue weighted by atomic mass is 32.2. The van der Waals surface area contributed by atoms with Crippen molar-refractivity contribution in [3.63, 3.8) is 0 Å². The first-order chi connectivity index (χ1) is 14.5. The molecule has 4 aromatic rings. The molecular weight excluding hydrogens is 396 g/mol. The largest absolute Gasteiger partial charge is 0.382 e. The van der Waals surface area contributed by atoms with E-state index in [1.807, 2.05) is 30.3 Å². The van der Waals surface area contributed by atoms with Crippen LogP contribution in [0.1, 0.15) is 32.0 Å². The van der Waals surface area contributed by atoms with Crippen molar-refractivity contribution in [2.24, 2.45) is 0 Å². The summed E-state index contributed by atoms with van der Waals surface area (Å²) >= 11 is 0. The van der Waals surface area contributed by atoms with E-state index in [-0.39, 0.29) is 5.75 Å². The zero-order valence-electron chi connectivity index (χ0n) is 17.1. The summed E-state index contributed by atoms with van der Waals surface area (Å²) in [7, 11) is -3.22. The monoisotopic (exact) mass is 422 g/mol. The molecule has 0 spiro atoms. The van der Waals surface area contributed by atoms with E-state index in [9.17, 15) is 8.42 Å². The summed E-state index contributed by atoms with van der Waals surface area (Å²) in [6, 6.07) is 16.6. The molecule has 0 atom stereocenters. The van der Waals surface area contributed by atoms with E-state index >= 15 is 0 Å². The number of benzene rings is 2. The van der Waals surface area contributed by atoms with Gasteiger partial charge in [0.2, 0.25) is 0 Å². The van der Waals surface area contributed by atoms with Crippen LogP contribution in [0.4, 0.5) is 5.82 Å². The van der Waals surface area contributed by atoms with E-state index < -0.39 is 9.84 Å². The molecule has 2 aromatic carbocycles. The number of aryl methyl sites for hydroxylation is 2. The lowest BCUT2D eigenvalue weighted by Gasteiger charge is -2.10. The first-order valence-electron chi connectivity index (χ1n) is 10.3. The molecule has 7 heteroatoms. The number of unbranched alkanes of at least 4 members (excludes halogenated alkanes) is 2. The Hall–Kier alpha value is -2.93. The molecule has 0 aliphatic carbocycles. The fourth-order valence-corrected chi connectivity index (χ4v) is 5.29. The van der Waals surface area contributed by atoms with Crippen LogP contribution in [-0.4, -0.2) is 28.7 Å². The summed E-state index contributed by atoms with van der Waals surface area (Å²) in [5, 5.41) is 1.04. The Balaban J connectivity index is 1.50. The summed E-state index contributed by atoms with van der Waals surface area (Å²) in [6.45, 7) is 2.86.